The second-order valence-electron chi connectivity index (χ2n) is 5.52. The Morgan fingerprint density at radius 1 is 1.41 bits per heavy atom. The lowest BCUT2D eigenvalue weighted by atomic mass is 10.0. The van der Waals surface area contributed by atoms with Crippen LogP contribution in [0, 0.1) is 12.8 Å². The highest BCUT2D eigenvalue weighted by atomic mass is 32.1. The zero-order valence-electron chi connectivity index (χ0n) is 13.0. The van der Waals surface area contributed by atoms with E-state index in [2.05, 4.69) is 14.7 Å². The second-order valence-corrected chi connectivity index (χ2v) is 6.28. The normalized spacial score (nSPS) is 12.4. The van der Waals surface area contributed by atoms with E-state index in [4.69, 9.17) is 4.74 Å². The third-order valence-electron chi connectivity index (χ3n) is 3.27. The number of ether oxygens (including phenoxy) is 1. The van der Waals surface area contributed by atoms with Crippen molar-refractivity contribution in [1.82, 2.24) is 14.7 Å². The van der Waals surface area contributed by atoms with Crippen LogP contribution >= 0.6 is 11.5 Å². The van der Waals surface area contributed by atoms with E-state index in [-0.39, 0.29) is 11.8 Å². The molecular formula is C15H19N3O3S. The number of pyridine rings is 1. The lowest BCUT2D eigenvalue weighted by molar-refractivity contribution is -0.143. The summed E-state index contributed by atoms with van der Waals surface area (Å²) >= 11 is 1.30. The van der Waals surface area contributed by atoms with Crippen molar-refractivity contribution in [3.8, 4) is 0 Å². The number of esters is 1. The number of fused-ring (bicyclic) bond motifs is 1. The maximum absolute atomic E-state index is 12.4. The van der Waals surface area contributed by atoms with Crippen LogP contribution in [0.2, 0.25) is 0 Å². The maximum Gasteiger partial charge on any atom is 0.328 e. The maximum atomic E-state index is 12.4. The van der Waals surface area contributed by atoms with Gasteiger partial charge in [-0.2, -0.15) is 4.37 Å². The molecule has 0 saturated heterocycles. The summed E-state index contributed by atoms with van der Waals surface area (Å²) in [5.74, 6) is -0.520. The third-order valence-corrected chi connectivity index (χ3v) is 4.13. The average Bonchev–Trinajstić information content (AvgIpc) is 2.86. The molecule has 0 radical (unpaired) electrons. The minimum Gasteiger partial charge on any atom is -0.467 e. The molecule has 0 aliphatic rings. The molecule has 0 aliphatic carbocycles. The van der Waals surface area contributed by atoms with Crippen LogP contribution in [0.4, 0.5) is 0 Å². The first-order valence-electron chi connectivity index (χ1n) is 7.03. The highest BCUT2D eigenvalue weighted by Gasteiger charge is 2.23. The van der Waals surface area contributed by atoms with Crippen LogP contribution in [-0.2, 0) is 9.53 Å². The Hall–Kier alpha value is -2.02. The lowest BCUT2D eigenvalue weighted by Crippen LogP contribution is -2.42. The first-order chi connectivity index (χ1) is 10.4. The highest BCUT2D eigenvalue weighted by Crippen LogP contribution is 2.21. The number of methoxy groups -OCH3 is 1. The second kappa shape index (κ2) is 6.83. The van der Waals surface area contributed by atoms with Crippen LogP contribution < -0.4 is 5.32 Å². The molecule has 0 saturated carbocycles. The molecule has 22 heavy (non-hydrogen) atoms. The third kappa shape index (κ3) is 3.59. The molecule has 0 bridgehead atoms. The summed E-state index contributed by atoms with van der Waals surface area (Å²) in [6, 6.07) is 1.09. The predicted molar refractivity (Wildman–Crippen MR) is 84.9 cm³/mol. The van der Waals surface area contributed by atoms with Gasteiger partial charge in [-0.1, -0.05) is 13.8 Å². The molecular weight excluding hydrogens is 302 g/mol. The Balaban J connectivity index is 2.20. The van der Waals surface area contributed by atoms with Gasteiger partial charge >= 0.3 is 5.97 Å². The van der Waals surface area contributed by atoms with Gasteiger partial charge in [-0.25, -0.2) is 9.78 Å². The van der Waals surface area contributed by atoms with Gasteiger partial charge in [0.15, 0.2) is 0 Å². The number of hydrogen-bond donors (Lipinski definition) is 1. The van der Waals surface area contributed by atoms with E-state index in [9.17, 15) is 9.59 Å². The highest BCUT2D eigenvalue weighted by molar-refractivity contribution is 7.12. The van der Waals surface area contributed by atoms with Crippen molar-refractivity contribution in [3.05, 3.63) is 23.5 Å². The predicted octanol–water partition coefficient (Wildman–Crippen LogP) is 2.32. The largest absolute Gasteiger partial charge is 0.467 e. The quantitative estimate of drug-likeness (QED) is 0.855. The Morgan fingerprint density at radius 3 is 2.77 bits per heavy atom. The Morgan fingerprint density at radius 2 is 2.14 bits per heavy atom. The summed E-state index contributed by atoms with van der Waals surface area (Å²) in [5.41, 5.74) is 1.25. The van der Waals surface area contributed by atoms with Crippen LogP contribution in [-0.4, -0.2) is 34.4 Å². The van der Waals surface area contributed by atoms with E-state index in [0.29, 0.717) is 12.0 Å². The van der Waals surface area contributed by atoms with Gasteiger partial charge in [0.2, 0.25) is 0 Å². The van der Waals surface area contributed by atoms with Crippen molar-refractivity contribution in [2.75, 3.05) is 7.11 Å². The molecule has 2 heterocycles. The van der Waals surface area contributed by atoms with Crippen molar-refractivity contribution in [3.63, 3.8) is 0 Å². The number of aromatic nitrogens is 2. The van der Waals surface area contributed by atoms with Gasteiger partial charge < -0.3 is 10.1 Å². The minimum absolute atomic E-state index is 0.258. The van der Waals surface area contributed by atoms with Gasteiger partial charge in [-0.15, -0.1) is 0 Å². The monoisotopic (exact) mass is 321 g/mol. The van der Waals surface area contributed by atoms with Gasteiger partial charge in [0, 0.05) is 11.6 Å². The molecule has 1 amide bonds. The molecule has 0 aliphatic heterocycles. The number of rotatable bonds is 5. The first-order valence-corrected chi connectivity index (χ1v) is 7.80. The van der Waals surface area contributed by atoms with Crippen LogP contribution in [0.25, 0.3) is 10.2 Å². The summed E-state index contributed by atoms with van der Waals surface area (Å²) in [4.78, 5) is 29.2. The molecule has 2 aromatic heterocycles. The standard InChI is InChI=1S/C15H19N3O3S/c1-8(2)5-12(15(20)21-4)17-13(19)10-6-11-9(3)18-22-14(11)16-7-10/h6-8,12H,5H2,1-4H3,(H,17,19)/t12-/m1/s1. The number of amides is 1. The number of nitrogens with one attached hydrogen (secondary N) is 1. The van der Waals surface area contributed by atoms with E-state index in [1.807, 2.05) is 20.8 Å². The zero-order valence-corrected chi connectivity index (χ0v) is 13.9. The number of aryl methyl sites for hydroxylation is 1. The van der Waals surface area contributed by atoms with E-state index < -0.39 is 12.0 Å². The zero-order chi connectivity index (χ0) is 16.3. The van der Waals surface area contributed by atoms with Gasteiger partial charge in [-0.05, 0) is 36.9 Å². The fourth-order valence-corrected chi connectivity index (χ4v) is 2.87. The molecule has 2 aromatic rings. The molecule has 6 nitrogen and oxygen atoms in total. The van der Waals surface area contributed by atoms with Crippen molar-refractivity contribution >= 4 is 33.6 Å². The molecule has 1 atom stereocenters. The lowest BCUT2D eigenvalue weighted by Gasteiger charge is -2.18. The summed E-state index contributed by atoms with van der Waals surface area (Å²) in [6.07, 6.45) is 2.02. The molecule has 2 rings (SSSR count). The van der Waals surface area contributed by atoms with Gasteiger partial charge in [0.1, 0.15) is 10.9 Å². The first kappa shape index (κ1) is 16.4. The summed E-state index contributed by atoms with van der Waals surface area (Å²) in [7, 11) is 1.32. The average molecular weight is 321 g/mol. The number of nitrogens with zero attached hydrogens (tertiary/aromatic N) is 2. The minimum atomic E-state index is -0.658. The van der Waals surface area contributed by atoms with E-state index >= 15 is 0 Å². The van der Waals surface area contributed by atoms with E-state index in [1.54, 1.807) is 6.07 Å². The van der Waals surface area contributed by atoms with Crippen molar-refractivity contribution in [2.24, 2.45) is 5.92 Å². The van der Waals surface area contributed by atoms with E-state index in [0.717, 1.165) is 15.9 Å². The number of hydrogen-bond acceptors (Lipinski definition) is 6. The van der Waals surface area contributed by atoms with Gasteiger partial charge in [0.05, 0.1) is 18.4 Å². The van der Waals surface area contributed by atoms with Gasteiger partial charge in [0.25, 0.3) is 5.91 Å². The fraction of sp³-hybridized carbons (Fsp3) is 0.467. The summed E-state index contributed by atoms with van der Waals surface area (Å²) < 4.78 is 8.96. The van der Waals surface area contributed by atoms with Crippen molar-refractivity contribution in [1.29, 1.82) is 0 Å². The van der Waals surface area contributed by atoms with Crippen LogP contribution in [0.15, 0.2) is 12.3 Å². The smallest absolute Gasteiger partial charge is 0.328 e. The number of carbonyl (C=O) groups excluding carboxylic acids is 2. The SMILES string of the molecule is COC(=O)[C@@H](CC(C)C)NC(=O)c1cnc2snc(C)c2c1. The molecule has 0 fully saturated rings. The van der Waals surface area contributed by atoms with E-state index in [1.165, 1.54) is 24.8 Å². The summed E-state index contributed by atoms with van der Waals surface area (Å²) in [6.45, 7) is 5.84. The fourth-order valence-electron chi connectivity index (χ4n) is 2.14. The Labute approximate surface area is 133 Å². The summed E-state index contributed by atoms with van der Waals surface area (Å²) in [5, 5.41) is 3.58. The number of carbonyl (C=O) groups is 2. The molecule has 0 spiro atoms. The van der Waals surface area contributed by atoms with Crippen molar-refractivity contribution < 1.29 is 14.3 Å². The van der Waals surface area contributed by atoms with Crippen molar-refractivity contribution in [2.45, 2.75) is 33.2 Å². The topological polar surface area (TPSA) is 81.2 Å². The molecule has 118 valence electrons. The Kier molecular flexibility index (Phi) is 5.07. The Bertz CT molecular complexity index is 696. The van der Waals surface area contributed by atoms with Gasteiger partial charge in [-0.3, -0.25) is 4.79 Å². The molecule has 1 N–H and O–H groups in total. The molecule has 0 unspecified atom stereocenters. The van der Waals surface area contributed by atoms with Crippen LogP contribution in [0.5, 0.6) is 0 Å². The van der Waals surface area contributed by atoms with Crippen LogP contribution in [0.3, 0.4) is 0 Å². The van der Waals surface area contributed by atoms with Crippen LogP contribution in [0.1, 0.15) is 36.3 Å². The molecule has 7 heteroatoms. The molecule has 0 aromatic carbocycles.